The number of carbonyl (C=O) groups excluding carboxylic acids is 2. The zero-order valence-corrected chi connectivity index (χ0v) is 16.0. The topological polar surface area (TPSA) is 87.1 Å². The molecule has 0 aliphatic carbocycles. The van der Waals surface area contributed by atoms with E-state index in [4.69, 9.17) is 4.74 Å². The Morgan fingerprint density at radius 3 is 2.41 bits per heavy atom. The first-order valence-electron chi connectivity index (χ1n) is 9.36. The highest BCUT2D eigenvalue weighted by molar-refractivity contribution is 6.46. The Labute approximate surface area is 169 Å². The monoisotopic (exact) mass is 393 g/mol. The van der Waals surface area contributed by atoms with Crippen LogP contribution < -0.4 is 4.74 Å². The number of ether oxygens (including phenoxy) is 1. The predicted octanol–water partition coefficient (Wildman–Crippen LogP) is 3.06. The van der Waals surface area contributed by atoms with Gasteiger partial charge in [-0.15, -0.1) is 0 Å². The second-order valence-corrected chi connectivity index (χ2v) is 6.60. The number of amides is 1. The second-order valence-electron chi connectivity index (χ2n) is 6.60. The highest BCUT2D eigenvalue weighted by Gasteiger charge is 2.45. The van der Waals surface area contributed by atoms with E-state index in [9.17, 15) is 19.8 Å². The fourth-order valence-corrected chi connectivity index (χ4v) is 3.35. The lowest BCUT2D eigenvalue weighted by Crippen LogP contribution is -2.31. The molecule has 29 heavy (non-hydrogen) atoms. The molecule has 0 spiro atoms. The molecule has 1 heterocycles. The molecule has 1 fully saturated rings. The fourth-order valence-electron chi connectivity index (χ4n) is 3.35. The highest BCUT2D eigenvalue weighted by Crippen LogP contribution is 2.39. The lowest BCUT2D eigenvalue weighted by Gasteiger charge is -2.25. The molecule has 2 aromatic carbocycles. The predicted molar refractivity (Wildman–Crippen MR) is 109 cm³/mol. The molecular weight excluding hydrogens is 370 g/mol. The normalized spacial score (nSPS) is 18.1. The Bertz CT molecular complexity index is 918. The zero-order chi connectivity index (χ0) is 20.8. The average Bonchev–Trinajstić information content (AvgIpc) is 3.01. The van der Waals surface area contributed by atoms with Gasteiger partial charge in [0.05, 0.1) is 11.6 Å². The van der Waals surface area contributed by atoms with Crippen molar-refractivity contribution in [3.05, 3.63) is 84.0 Å². The molecule has 3 rings (SSSR count). The largest absolute Gasteiger partial charge is 0.507 e. The number of hydrogen-bond donors (Lipinski definition) is 2. The van der Waals surface area contributed by atoms with E-state index in [0.29, 0.717) is 24.3 Å². The first-order valence-corrected chi connectivity index (χ1v) is 9.36. The maximum absolute atomic E-state index is 12.8. The third kappa shape index (κ3) is 4.22. The van der Waals surface area contributed by atoms with Crippen molar-refractivity contribution in [3.63, 3.8) is 0 Å². The van der Waals surface area contributed by atoms with Crippen molar-refractivity contribution >= 4 is 17.4 Å². The summed E-state index contributed by atoms with van der Waals surface area (Å²) < 4.78 is 5.44. The minimum absolute atomic E-state index is 0.0406. The van der Waals surface area contributed by atoms with E-state index in [-0.39, 0.29) is 24.5 Å². The third-order valence-corrected chi connectivity index (χ3v) is 4.71. The molecule has 0 saturated carbocycles. The number of likely N-dealkylation sites (tertiary alicyclic amines) is 1. The minimum Gasteiger partial charge on any atom is -0.507 e. The molecular formula is C23H23NO5. The van der Waals surface area contributed by atoms with Gasteiger partial charge in [0.15, 0.2) is 0 Å². The van der Waals surface area contributed by atoms with Gasteiger partial charge in [-0.2, -0.15) is 0 Å². The summed E-state index contributed by atoms with van der Waals surface area (Å²) in [5.74, 6) is -1.05. The molecule has 1 amide bonds. The summed E-state index contributed by atoms with van der Waals surface area (Å²) in [6.45, 7) is 4.06. The van der Waals surface area contributed by atoms with Gasteiger partial charge in [-0.05, 0) is 36.2 Å². The number of aliphatic hydroxyl groups is 2. The van der Waals surface area contributed by atoms with E-state index in [1.165, 1.54) is 4.90 Å². The maximum atomic E-state index is 12.8. The van der Waals surface area contributed by atoms with Crippen molar-refractivity contribution in [2.24, 2.45) is 0 Å². The molecule has 0 radical (unpaired) electrons. The second kappa shape index (κ2) is 9.21. The Kier molecular flexibility index (Phi) is 6.46. The van der Waals surface area contributed by atoms with Crippen molar-refractivity contribution in [2.45, 2.75) is 12.5 Å². The van der Waals surface area contributed by atoms with Crippen LogP contribution in [0.1, 0.15) is 23.6 Å². The lowest BCUT2D eigenvalue weighted by molar-refractivity contribution is -0.140. The van der Waals surface area contributed by atoms with Crippen molar-refractivity contribution in [1.82, 2.24) is 4.90 Å². The number of aliphatic hydroxyl groups excluding tert-OH is 2. The Balaban J connectivity index is 2.04. The van der Waals surface area contributed by atoms with Gasteiger partial charge in [0, 0.05) is 18.7 Å². The minimum atomic E-state index is -0.735. The Morgan fingerprint density at radius 1 is 1.10 bits per heavy atom. The summed E-state index contributed by atoms with van der Waals surface area (Å²) >= 11 is 0. The van der Waals surface area contributed by atoms with E-state index < -0.39 is 17.7 Å². The SMILES string of the molecule is C=CCOc1ccc(C(O)=C2C(=O)C(=O)N(CCCO)C2c2ccccc2)cc1. The zero-order valence-electron chi connectivity index (χ0n) is 16.0. The number of rotatable bonds is 8. The van der Waals surface area contributed by atoms with Gasteiger partial charge in [-0.25, -0.2) is 0 Å². The number of ketones is 1. The van der Waals surface area contributed by atoms with Gasteiger partial charge in [0.2, 0.25) is 0 Å². The highest BCUT2D eigenvalue weighted by atomic mass is 16.5. The molecule has 6 nitrogen and oxygen atoms in total. The lowest BCUT2D eigenvalue weighted by atomic mass is 9.95. The van der Waals surface area contributed by atoms with Crippen molar-refractivity contribution in [1.29, 1.82) is 0 Å². The van der Waals surface area contributed by atoms with E-state index >= 15 is 0 Å². The van der Waals surface area contributed by atoms with Gasteiger partial charge in [-0.3, -0.25) is 9.59 Å². The molecule has 1 aliphatic heterocycles. The number of nitrogens with zero attached hydrogens (tertiary/aromatic N) is 1. The molecule has 1 unspecified atom stereocenters. The van der Waals surface area contributed by atoms with Crippen LogP contribution in [0.2, 0.25) is 0 Å². The molecule has 0 bridgehead atoms. The summed E-state index contributed by atoms with van der Waals surface area (Å²) in [4.78, 5) is 26.8. The van der Waals surface area contributed by atoms with Crippen LogP contribution in [0, 0.1) is 0 Å². The first-order chi connectivity index (χ1) is 14.1. The smallest absolute Gasteiger partial charge is 0.295 e. The molecule has 2 N–H and O–H groups in total. The van der Waals surface area contributed by atoms with Crippen LogP contribution in [-0.2, 0) is 9.59 Å². The number of hydrogen-bond acceptors (Lipinski definition) is 5. The molecule has 2 aromatic rings. The van der Waals surface area contributed by atoms with Crippen LogP contribution in [0.5, 0.6) is 5.75 Å². The summed E-state index contributed by atoms with van der Waals surface area (Å²) in [5, 5.41) is 20.1. The molecule has 1 saturated heterocycles. The van der Waals surface area contributed by atoms with Gasteiger partial charge in [0.1, 0.15) is 18.1 Å². The van der Waals surface area contributed by atoms with Crippen LogP contribution in [0.4, 0.5) is 0 Å². The van der Waals surface area contributed by atoms with Crippen LogP contribution in [0.25, 0.3) is 5.76 Å². The third-order valence-electron chi connectivity index (χ3n) is 4.71. The summed E-state index contributed by atoms with van der Waals surface area (Å²) in [6.07, 6.45) is 1.97. The Morgan fingerprint density at radius 2 is 1.79 bits per heavy atom. The number of Topliss-reactive ketones (excluding diaryl/α,β-unsaturated/α-hetero) is 1. The van der Waals surface area contributed by atoms with E-state index in [1.54, 1.807) is 30.3 Å². The van der Waals surface area contributed by atoms with E-state index in [1.807, 2.05) is 30.3 Å². The molecule has 0 aromatic heterocycles. The van der Waals surface area contributed by atoms with Gasteiger partial charge < -0.3 is 19.8 Å². The summed E-state index contributed by atoms with van der Waals surface area (Å²) in [6, 6.07) is 15.0. The van der Waals surface area contributed by atoms with Gasteiger partial charge in [0.25, 0.3) is 11.7 Å². The molecule has 1 atom stereocenters. The summed E-state index contributed by atoms with van der Waals surface area (Å²) in [5.41, 5.74) is 1.17. The van der Waals surface area contributed by atoms with E-state index in [2.05, 4.69) is 6.58 Å². The van der Waals surface area contributed by atoms with Gasteiger partial charge >= 0.3 is 0 Å². The van der Waals surface area contributed by atoms with Crippen molar-refractivity contribution < 1.29 is 24.5 Å². The standard InChI is InChI=1S/C23H23NO5/c1-2-15-29-18-11-9-17(10-12-18)21(26)19-20(16-7-4-3-5-8-16)24(13-6-14-25)23(28)22(19)27/h2-5,7-12,20,25-26H,1,6,13-15H2. The fraction of sp³-hybridized carbons (Fsp3) is 0.217. The molecule has 1 aliphatic rings. The Hall–Kier alpha value is -3.38. The molecule has 150 valence electrons. The van der Waals surface area contributed by atoms with Crippen LogP contribution in [0.3, 0.4) is 0 Å². The molecule has 6 heteroatoms. The van der Waals surface area contributed by atoms with Crippen molar-refractivity contribution in [3.8, 4) is 5.75 Å². The van der Waals surface area contributed by atoms with E-state index in [0.717, 1.165) is 5.56 Å². The summed E-state index contributed by atoms with van der Waals surface area (Å²) in [7, 11) is 0. The average molecular weight is 393 g/mol. The number of carbonyl (C=O) groups is 2. The maximum Gasteiger partial charge on any atom is 0.295 e. The van der Waals surface area contributed by atoms with Crippen LogP contribution in [0.15, 0.2) is 72.8 Å². The van der Waals surface area contributed by atoms with Gasteiger partial charge in [-0.1, -0.05) is 43.0 Å². The number of benzene rings is 2. The van der Waals surface area contributed by atoms with Crippen LogP contribution in [-0.4, -0.2) is 46.6 Å². The van der Waals surface area contributed by atoms with Crippen LogP contribution >= 0.6 is 0 Å². The van der Waals surface area contributed by atoms with Crippen molar-refractivity contribution in [2.75, 3.05) is 19.8 Å². The first kappa shape index (κ1) is 20.4. The quantitative estimate of drug-likeness (QED) is 0.312.